The number of anilines is 2. The Kier molecular flexibility index (Phi) is 3.92. The van der Waals surface area contributed by atoms with Crippen molar-refractivity contribution in [2.75, 3.05) is 30.3 Å². The molecule has 1 aromatic carbocycles. The van der Waals surface area contributed by atoms with Gasteiger partial charge >= 0.3 is 5.97 Å². The Morgan fingerprint density at radius 3 is 2.84 bits per heavy atom. The van der Waals surface area contributed by atoms with Gasteiger partial charge in [0.1, 0.15) is 0 Å². The van der Waals surface area contributed by atoms with Gasteiger partial charge in [-0.15, -0.1) is 0 Å². The predicted octanol–water partition coefficient (Wildman–Crippen LogP) is 0.553. The van der Waals surface area contributed by atoms with Gasteiger partial charge < -0.3 is 25.6 Å². The summed E-state index contributed by atoms with van der Waals surface area (Å²) in [4.78, 5) is 12.9. The highest BCUT2D eigenvalue weighted by Crippen LogP contribution is 2.27. The highest BCUT2D eigenvalue weighted by molar-refractivity contribution is 5.90. The van der Waals surface area contributed by atoms with Gasteiger partial charge in [0, 0.05) is 13.1 Å². The van der Waals surface area contributed by atoms with Crippen molar-refractivity contribution in [3.8, 4) is 0 Å². The number of carbonyl (C=O) groups is 1. The van der Waals surface area contributed by atoms with Crippen molar-refractivity contribution in [1.29, 1.82) is 0 Å². The predicted molar refractivity (Wildman–Crippen MR) is 71.4 cm³/mol. The molecule has 0 aromatic heterocycles. The summed E-state index contributed by atoms with van der Waals surface area (Å²) in [6.07, 6.45) is -0.258. The minimum absolute atomic E-state index is 0.00977. The Hall–Kier alpha value is -1.79. The average Bonchev–Trinajstić information content (AvgIpc) is 2.37. The first-order valence-electron chi connectivity index (χ1n) is 6.15. The van der Waals surface area contributed by atoms with E-state index in [1.54, 1.807) is 6.07 Å². The molecule has 2 rings (SSSR count). The molecule has 4 N–H and O–H groups in total. The van der Waals surface area contributed by atoms with E-state index in [1.165, 1.54) is 12.1 Å². The van der Waals surface area contributed by atoms with Gasteiger partial charge in [-0.2, -0.15) is 0 Å². The fraction of sp³-hybridized carbons (Fsp3) is 0.462. The van der Waals surface area contributed by atoms with E-state index in [-0.39, 0.29) is 24.4 Å². The van der Waals surface area contributed by atoms with E-state index < -0.39 is 5.97 Å². The van der Waals surface area contributed by atoms with Gasteiger partial charge in [0.2, 0.25) is 0 Å². The van der Waals surface area contributed by atoms with Crippen LogP contribution < -0.4 is 10.6 Å². The SMILES string of the molecule is CC1CN(c2ccc(C(=O)O)cc2N)CC(CO)O1. The molecule has 2 atom stereocenters. The van der Waals surface area contributed by atoms with E-state index in [2.05, 4.69) is 0 Å². The molecule has 19 heavy (non-hydrogen) atoms. The number of hydrogen-bond donors (Lipinski definition) is 3. The number of aliphatic hydroxyl groups excluding tert-OH is 1. The Balaban J connectivity index is 2.23. The summed E-state index contributed by atoms with van der Waals surface area (Å²) in [6.45, 7) is 3.08. The second-order valence-electron chi connectivity index (χ2n) is 4.74. The number of benzene rings is 1. The van der Waals surface area contributed by atoms with Crippen LogP contribution in [-0.4, -0.2) is 48.1 Å². The zero-order valence-corrected chi connectivity index (χ0v) is 10.7. The fourth-order valence-corrected chi connectivity index (χ4v) is 2.32. The molecule has 0 aliphatic carbocycles. The molecule has 0 radical (unpaired) electrons. The lowest BCUT2D eigenvalue weighted by Crippen LogP contribution is -2.48. The van der Waals surface area contributed by atoms with Crippen molar-refractivity contribution in [3.05, 3.63) is 23.8 Å². The lowest BCUT2D eigenvalue weighted by Gasteiger charge is -2.38. The van der Waals surface area contributed by atoms with Crippen LogP contribution in [0.5, 0.6) is 0 Å². The molecule has 0 amide bonds. The quantitative estimate of drug-likeness (QED) is 0.692. The van der Waals surface area contributed by atoms with E-state index in [9.17, 15) is 9.90 Å². The molecule has 1 aromatic rings. The number of aliphatic hydroxyl groups is 1. The van der Waals surface area contributed by atoms with E-state index in [0.29, 0.717) is 18.8 Å². The number of nitrogens with zero attached hydrogens (tertiary/aromatic N) is 1. The maximum absolute atomic E-state index is 10.9. The number of carboxylic acids is 1. The lowest BCUT2D eigenvalue weighted by atomic mass is 10.1. The van der Waals surface area contributed by atoms with Crippen molar-refractivity contribution in [3.63, 3.8) is 0 Å². The number of ether oxygens (including phenoxy) is 1. The molecule has 0 bridgehead atoms. The molecule has 0 saturated carbocycles. The number of nitrogen functional groups attached to an aromatic ring is 1. The highest BCUT2D eigenvalue weighted by atomic mass is 16.5. The first-order valence-corrected chi connectivity index (χ1v) is 6.15. The Morgan fingerprint density at radius 2 is 2.26 bits per heavy atom. The largest absolute Gasteiger partial charge is 0.478 e. The van der Waals surface area contributed by atoms with Gasteiger partial charge in [0.15, 0.2) is 0 Å². The van der Waals surface area contributed by atoms with Gasteiger partial charge in [-0.25, -0.2) is 4.79 Å². The van der Waals surface area contributed by atoms with Gasteiger partial charge in [0.25, 0.3) is 0 Å². The van der Waals surface area contributed by atoms with Crippen molar-refractivity contribution in [2.45, 2.75) is 19.1 Å². The number of nitrogens with two attached hydrogens (primary N) is 1. The maximum Gasteiger partial charge on any atom is 0.335 e. The van der Waals surface area contributed by atoms with Crippen molar-refractivity contribution >= 4 is 17.3 Å². The molecule has 6 nitrogen and oxygen atoms in total. The normalized spacial score (nSPS) is 23.4. The van der Waals surface area contributed by atoms with E-state index in [0.717, 1.165) is 5.69 Å². The van der Waals surface area contributed by atoms with Crippen LogP contribution >= 0.6 is 0 Å². The second-order valence-corrected chi connectivity index (χ2v) is 4.74. The van der Waals surface area contributed by atoms with Crippen LogP contribution in [0.25, 0.3) is 0 Å². The Morgan fingerprint density at radius 1 is 1.53 bits per heavy atom. The maximum atomic E-state index is 10.9. The monoisotopic (exact) mass is 266 g/mol. The first-order chi connectivity index (χ1) is 9.01. The van der Waals surface area contributed by atoms with E-state index in [4.69, 9.17) is 15.6 Å². The van der Waals surface area contributed by atoms with Gasteiger partial charge in [0.05, 0.1) is 35.8 Å². The molecule has 1 heterocycles. The van der Waals surface area contributed by atoms with Crippen LogP contribution in [-0.2, 0) is 4.74 Å². The fourth-order valence-electron chi connectivity index (χ4n) is 2.32. The molecular formula is C13H18N2O4. The topological polar surface area (TPSA) is 96.0 Å². The van der Waals surface area contributed by atoms with Crippen LogP contribution in [0.1, 0.15) is 17.3 Å². The van der Waals surface area contributed by atoms with Crippen LogP contribution in [0.2, 0.25) is 0 Å². The van der Waals surface area contributed by atoms with Gasteiger partial charge in [-0.1, -0.05) is 0 Å². The molecular weight excluding hydrogens is 248 g/mol. The third kappa shape index (κ3) is 2.97. The molecule has 1 aliphatic heterocycles. The van der Waals surface area contributed by atoms with Crippen LogP contribution in [0.4, 0.5) is 11.4 Å². The van der Waals surface area contributed by atoms with Crippen LogP contribution in [0.15, 0.2) is 18.2 Å². The lowest BCUT2D eigenvalue weighted by molar-refractivity contribution is -0.0420. The van der Waals surface area contributed by atoms with Crippen LogP contribution in [0, 0.1) is 0 Å². The minimum Gasteiger partial charge on any atom is -0.478 e. The van der Waals surface area contributed by atoms with E-state index in [1.807, 2.05) is 11.8 Å². The van der Waals surface area contributed by atoms with Crippen molar-refractivity contribution in [2.24, 2.45) is 0 Å². The van der Waals surface area contributed by atoms with E-state index >= 15 is 0 Å². The zero-order valence-electron chi connectivity index (χ0n) is 10.7. The summed E-state index contributed by atoms with van der Waals surface area (Å²) in [5.41, 5.74) is 7.28. The first kappa shape index (κ1) is 13.6. The minimum atomic E-state index is -0.998. The second kappa shape index (κ2) is 5.46. The van der Waals surface area contributed by atoms with Crippen LogP contribution in [0.3, 0.4) is 0 Å². The Bertz CT molecular complexity index is 478. The summed E-state index contributed by atoms with van der Waals surface area (Å²) in [5.74, 6) is -0.998. The molecule has 6 heteroatoms. The number of hydrogen-bond acceptors (Lipinski definition) is 5. The summed E-state index contributed by atoms with van der Waals surface area (Å²) < 4.78 is 5.56. The van der Waals surface area contributed by atoms with Gasteiger partial charge in [-0.05, 0) is 25.1 Å². The standard InChI is InChI=1S/C13H18N2O4/c1-8-5-15(6-10(7-16)19-8)12-3-2-9(13(17)18)4-11(12)14/h2-4,8,10,16H,5-7,14H2,1H3,(H,17,18). The van der Waals surface area contributed by atoms with Crippen molar-refractivity contribution in [1.82, 2.24) is 0 Å². The summed E-state index contributed by atoms with van der Waals surface area (Å²) >= 11 is 0. The summed E-state index contributed by atoms with van der Waals surface area (Å²) in [7, 11) is 0. The zero-order chi connectivity index (χ0) is 14.0. The molecule has 0 spiro atoms. The number of morpholine rings is 1. The molecule has 2 unspecified atom stereocenters. The Labute approximate surface area is 111 Å². The summed E-state index contributed by atoms with van der Waals surface area (Å²) in [6, 6.07) is 4.68. The van der Waals surface area contributed by atoms with Crippen molar-refractivity contribution < 1.29 is 19.7 Å². The number of rotatable bonds is 3. The third-order valence-electron chi connectivity index (χ3n) is 3.15. The molecule has 1 fully saturated rings. The molecule has 1 saturated heterocycles. The number of carboxylic acid groups (broad SMARTS) is 1. The molecule has 1 aliphatic rings. The average molecular weight is 266 g/mol. The number of aromatic carboxylic acids is 1. The highest BCUT2D eigenvalue weighted by Gasteiger charge is 2.26. The van der Waals surface area contributed by atoms with Gasteiger partial charge in [-0.3, -0.25) is 0 Å². The smallest absolute Gasteiger partial charge is 0.335 e. The third-order valence-corrected chi connectivity index (χ3v) is 3.15. The molecule has 104 valence electrons. The summed E-state index contributed by atoms with van der Waals surface area (Å²) in [5, 5.41) is 18.1.